The Labute approximate surface area is 88.5 Å². The summed E-state index contributed by atoms with van der Waals surface area (Å²) in [5.74, 6) is 0. The van der Waals surface area contributed by atoms with Gasteiger partial charge in [-0.15, -0.1) is 0 Å². The second-order valence-corrected chi connectivity index (χ2v) is 3.38. The summed E-state index contributed by atoms with van der Waals surface area (Å²) in [5, 5.41) is 0.831. The van der Waals surface area contributed by atoms with Gasteiger partial charge in [0, 0.05) is 5.39 Å². The van der Waals surface area contributed by atoms with Crippen molar-refractivity contribution in [1.29, 1.82) is 0 Å². The van der Waals surface area contributed by atoms with Gasteiger partial charge >= 0.3 is 6.18 Å². The fourth-order valence-corrected chi connectivity index (χ4v) is 1.56. The molecule has 0 aliphatic rings. The smallest absolute Gasteiger partial charge is 0.231 e. The number of nitrogens with zero attached hydrogens (tertiary/aromatic N) is 1. The van der Waals surface area contributed by atoms with E-state index in [1.54, 1.807) is 24.3 Å². The maximum absolute atomic E-state index is 12.4. The van der Waals surface area contributed by atoms with Crippen molar-refractivity contribution in [2.45, 2.75) is 6.18 Å². The van der Waals surface area contributed by atoms with Crippen LogP contribution in [0.15, 0.2) is 30.3 Å². The Morgan fingerprint density at radius 3 is 2.47 bits per heavy atom. The minimum Gasteiger partial charge on any atom is -0.231 e. The van der Waals surface area contributed by atoms with Gasteiger partial charge in [-0.25, -0.2) is 4.98 Å². The number of halogens is 4. The number of benzene rings is 1. The Morgan fingerprint density at radius 2 is 1.80 bits per heavy atom. The molecule has 1 heterocycles. The third-order valence-corrected chi connectivity index (χ3v) is 2.27. The summed E-state index contributed by atoms with van der Waals surface area (Å²) < 4.78 is 37.1. The number of hydrogen-bond acceptors (Lipinski definition) is 1. The summed E-state index contributed by atoms with van der Waals surface area (Å²) in [4.78, 5) is 3.31. The minimum atomic E-state index is -4.46. The Balaban J connectivity index is 2.73. The molecule has 1 nitrogen and oxygen atoms in total. The van der Waals surface area contributed by atoms with E-state index in [0.717, 1.165) is 6.07 Å². The van der Waals surface area contributed by atoms with Crippen LogP contribution in [-0.2, 0) is 6.18 Å². The zero-order chi connectivity index (χ0) is 11.1. The molecule has 1 aromatic heterocycles. The standard InChI is InChI=1S/C10H5ClF3N/c11-9-7-4-2-1-3-6(7)5-8(15-9)10(12,13)14/h1-5H. The number of rotatable bonds is 0. The Hall–Kier alpha value is -1.29. The first-order valence-corrected chi connectivity index (χ1v) is 4.49. The Morgan fingerprint density at radius 1 is 1.13 bits per heavy atom. The van der Waals surface area contributed by atoms with E-state index in [1.807, 2.05) is 0 Å². The quantitative estimate of drug-likeness (QED) is 0.627. The molecule has 0 bridgehead atoms. The van der Waals surface area contributed by atoms with E-state index >= 15 is 0 Å². The molecule has 0 unspecified atom stereocenters. The lowest BCUT2D eigenvalue weighted by Gasteiger charge is -2.07. The van der Waals surface area contributed by atoms with Crippen molar-refractivity contribution in [2.75, 3.05) is 0 Å². The molecule has 2 rings (SSSR count). The molecule has 0 N–H and O–H groups in total. The molecule has 0 fully saturated rings. The van der Waals surface area contributed by atoms with Crippen LogP contribution < -0.4 is 0 Å². The third kappa shape index (κ3) is 1.90. The van der Waals surface area contributed by atoms with E-state index in [0.29, 0.717) is 10.8 Å². The summed E-state index contributed by atoms with van der Waals surface area (Å²) in [6, 6.07) is 7.53. The molecule has 0 atom stereocenters. The highest BCUT2D eigenvalue weighted by atomic mass is 35.5. The molecular formula is C10H5ClF3N. The van der Waals surface area contributed by atoms with E-state index in [4.69, 9.17) is 11.6 Å². The minimum absolute atomic E-state index is 0.125. The van der Waals surface area contributed by atoms with Gasteiger partial charge in [0.1, 0.15) is 10.8 Å². The number of alkyl halides is 3. The Kier molecular flexibility index (Phi) is 2.31. The maximum atomic E-state index is 12.4. The van der Waals surface area contributed by atoms with Gasteiger partial charge in [0.2, 0.25) is 0 Å². The second kappa shape index (κ2) is 3.38. The lowest BCUT2D eigenvalue weighted by atomic mass is 10.1. The summed E-state index contributed by atoms with van der Waals surface area (Å²) in [7, 11) is 0. The highest BCUT2D eigenvalue weighted by molar-refractivity contribution is 6.34. The van der Waals surface area contributed by atoms with Crippen molar-refractivity contribution < 1.29 is 13.2 Å². The first kappa shape index (κ1) is 10.2. The highest BCUT2D eigenvalue weighted by Crippen LogP contribution is 2.32. The monoisotopic (exact) mass is 231 g/mol. The second-order valence-electron chi connectivity index (χ2n) is 3.02. The van der Waals surface area contributed by atoms with Crippen molar-refractivity contribution in [3.8, 4) is 0 Å². The Bertz CT molecular complexity index is 507. The van der Waals surface area contributed by atoms with Crippen molar-refractivity contribution in [3.63, 3.8) is 0 Å². The number of fused-ring (bicyclic) bond motifs is 1. The SMILES string of the molecule is FC(F)(F)c1cc2ccccc2c(Cl)n1. The van der Waals surface area contributed by atoms with Crippen LogP contribution in [0.1, 0.15) is 5.69 Å². The highest BCUT2D eigenvalue weighted by Gasteiger charge is 2.33. The zero-order valence-corrected chi connectivity index (χ0v) is 8.10. The van der Waals surface area contributed by atoms with Crippen LogP contribution in [0, 0.1) is 0 Å². The van der Waals surface area contributed by atoms with Crippen LogP contribution in [0.4, 0.5) is 13.2 Å². The van der Waals surface area contributed by atoms with E-state index in [-0.39, 0.29) is 5.15 Å². The van der Waals surface area contributed by atoms with Gasteiger partial charge in [-0.3, -0.25) is 0 Å². The molecule has 15 heavy (non-hydrogen) atoms. The predicted molar refractivity (Wildman–Crippen MR) is 51.8 cm³/mol. The van der Waals surface area contributed by atoms with Gasteiger partial charge in [0.05, 0.1) is 0 Å². The summed E-state index contributed by atoms with van der Waals surface area (Å²) >= 11 is 5.66. The normalized spacial score (nSPS) is 12.0. The molecule has 0 radical (unpaired) electrons. The van der Waals surface area contributed by atoms with E-state index < -0.39 is 11.9 Å². The van der Waals surface area contributed by atoms with E-state index in [1.165, 1.54) is 0 Å². The average molecular weight is 232 g/mol. The molecule has 78 valence electrons. The molecule has 0 aliphatic heterocycles. The van der Waals surface area contributed by atoms with Crippen LogP contribution >= 0.6 is 11.6 Å². The maximum Gasteiger partial charge on any atom is 0.433 e. The molecule has 0 saturated heterocycles. The topological polar surface area (TPSA) is 12.9 Å². The van der Waals surface area contributed by atoms with Crippen molar-refractivity contribution in [3.05, 3.63) is 41.2 Å². The van der Waals surface area contributed by atoms with Gasteiger partial charge in [0.15, 0.2) is 0 Å². The summed E-state index contributed by atoms with van der Waals surface area (Å²) in [6.07, 6.45) is -4.46. The van der Waals surface area contributed by atoms with Gasteiger partial charge in [-0.1, -0.05) is 35.9 Å². The third-order valence-electron chi connectivity index (χ3n) is 1.98. The van der Waals surface area contributed by atoms with Crippen LogP contribution in [0.2, 0.25) is 5.15 Å². The molecule has 2 aromatic rings. The van der Waals surface area contributed by atoms with Gasteiger partial charge in [-0.05, 0) is 11.5 Å². The van der Waals surface area contributed by atoms with Crippen molar-refractivity contribution in [1.82, 2.24) is 4.98 Å². The van der Waals surface area contributed by atoms with Crippen LogP contribution in [0.3, 0.4) is 0 Å². The van der Waals surface area contributed by atoms with Crippen molar-refractivity contribution >= 4 is 22.4 Å². The van der Waals surface area contributed by atoms with Gasteiger partial charge in [-0.2, -0.15) is 13.2 Å². The molecule has 0 aliphatic carbocycles. The number of aromatic nitrogens is 1. The van der Waals surface area contributed by atoms with Crippen LogP contribution in [0.5, 0.6) is 0 Å². The predicted octanol–water partition coefficient (Wildman–Crippen LogP) is 3.91. The molecule has 0 spiro atoms. The fraction of sp³-hybridized carbons (Fsp3) is 0.100. The molecule has 5 heteroatoms. The van der Waals surface area contributed by atoms with Crippen LogP contribution in [-0.4, -0.2) is 4.98 Å². The first-order chi connectivity index (χ1) is 6.98. The lowest BCUT2D eigenvalue weighted by molar-refractivity contribution is -0.141. The largest absolute Gasteiger partial charge is 0.433 e. The fourth-order valence-electron chi connectivity index (χ4n) is 1.30. The zero-order valence-electron chi connectivity index (χ0n) is 7.35. The first-order valence-electron chi connectivity index (χ1n) is 4.11. The molecule has 0 amide bonds. The van der Waals surface area contributed by atoms with Gasteiger partial charge < -0.3 is 0 Å². The summed E-state index contributed by atoms with van der Waals surface area (Å²) in [6.45, 7) is 0. The van der Waals surface area contributed by atoms with Crippen LogP contribution in [0.25, 0.3) is 10.8 Å². The number of hydrogen-bond donors (Lipinski definition) is 0. The van der Waals surface area contributed by atoms with E-state index in [9.17, 15) is 13.2 Å². The van der Waals surface area contributed by atoms with E-state index in [2.05, 4.69) is 4.98 Å². The molecule has 1 aromatic carbocycles. The average Bonchev–Trinajstić information content (AvgIpc) is 2.16. The lowest BCUT2D eigenvalue weighted by Crippen LogP contribution is -2.07. The van der Waals surface area contributed by atoms with Crippen molar-refractivity contribution in [2.24, 2.45) is 0 Å². The number of pyridine rings is 1. The summed E-state index contributed by atoms with van der Waals surface area (Å²) in [5.41, 5.74) is -0.966. The molecule has 0 saturated carbocycles. The van der Waals surface area contributed by atoms with Gasteiger partial charge in [0.25, 0.3) is 0 Å². The molecular weight excluding hydrogens is 227 g/mol.